The lowest BCUT2D eigenvalue weighted by Gasteiger charge is -2.30. The number of nitrogens with one attached hydrogen (secondary N) is 1. The van der Waals surface area contributed by atoms with Gasteiger partial charge in [-0.15, -0.1) is 0 Å². The van der Waals surface area contributed by atoms with Crippen molar-refractivity contribution >= 4 is 15.9 Å². The van der Waals surface area contributed by atoms with E-state index in [1.807, 2.05) is 42.0 Å². The molecule has 1 aromatic heterocycles. The second-order valence-corrected chi connectivity index (χ2v) is 9.62. The number of amides is 1. The Morgan fingerprint density at radius 2 is 1.74 bits per heavy atom. The van der Waals surface area contributed by atoms with E-state index in [-0.39, 0.29) is 11.8 Å². The molecule has 8 heteroatoms. The molecule has 1 fully saturated rings. The predicted octanol–water partition coefficient (Wildman–Crippen LogP) is 2.90. The fourth-order valence-corrected chi connectivity index (χ4v) is 5.45. The quantitative estimate of drug-likeness (QED) is 0.641. The van der Waals surface area contributed by atoms with Gasteiger partial charge in [-0.2, -0.15) is 4.31 Å². The van der Waals surface area contributed by atoms with Gasteiger partial charge in [-0.1, -0.05) is 36.4 Å². The fraction of sp³-hybridized carbons (Fsp3) is 0.304. The highest BCUT2D eigenvalue weighted by Gasteiger charge is 2.31. The highest BCUT2D eigenvalue weighted by Crippen LogP contribution is 2.24. The molecule has 1 aliphatic heterocycles. The van der Waals surface area contributed by atoms with Crippen LogP contribution in [0.15, 0.2) is 71.9 Å². The SMILES string of the molecule is Cc1nccn1-c1ccccc1CNC(=O)C1CCN(S(=O)(=O)c2ccccc2)CC1. The van der Waals surface area contributed by atoms with E-state index in [2.05, 4.69) is 10.3 Å². The van der Waals surface area contributed by atoms with E-state index in [4.69, 9.17) is 0 Å². The summed E-state index contributed by atoms with van der Waals surface area (Å²) in [5.41, 5.74) is 1.99. The number of nitrogens with zero attached hydrogens (tertiary/aromatic N) is 3. The van der Waals surface area contributed by atoms with Gasteiger partial charge in [0.25, 0.3) is 0 Å². The van der Waals surface area contributed by atoms with E-state index in [9.17, 15) is 13.2 Å². The standard InChI is InChI=1S/C23H26N4O3S/c1-18-24-13-16-27(18)22-10-6-5-7-20(22)17-25-23(28)19-11-14-26(15-12-19)31(29,30)21-8-3-2-4-9-21/h2-10,13,16,19H,11-12,14-15,17H2,1H3,(H,25,28). The third-order valence-corrected chi connectivity index (χ3v) is 7.65. The molecule has 7 nitrogen and oxygen atoms in total. The Hall–Kier alpha value is -2.97. The number of benzene rings is 2. The molecule has 1 saturated heterocycles. The Labute approximate surface area is 182 Å². The molecule has 0 unspecified atom stereocenters. The van der Waals surface area contributed by atoms with Crippen molar-refractivity contribution in [3.8, 4) is 5.69 Å². The molecule has 2 heterocycles. The lowest BCUT2D eigenvalue weighted by atomic mass is 9.97. The highest BCUT2D eigenvalue weighted by molar-refractivity contribution is 7.89. The minimum atomic E-state index is -3.51. The minimum absolute atomic E-state index is 0.0334. The lowest BCUT2D eigenvalue weighted by molar-refractivity contribution is -0.126. The number of aryl methyl sites for hydroxylation is 1. The molecule has 4 rings (SSSR count). The van der Waals surface area contributed by atoms with Crippen LogP contribution < -0.4 is 5.32 Å². The van der Waals surface area contributed by atoms with Crippen LogP contribution in [0.25, 0.3) is 5.69 Å². The van der Waals surface area contributed by atoms with Crippen LogP contribution >= 0.6 is 0 Å². The average molecular weight is 439 g/mol. The van der Waals surface area contributed by atoms with Crippen molar-refractivity contribution in [3.05, 3.63) is 78.4 Å². The van der Waals surface area contributed by atoms with Crippen molar-refractivity contribution in [2.45, 2.75) is 31.2 Å². The summed E-state index contributed by atoms with van der Waals surface area (Å²) in [4.78, 5) is 17.3. The monoisotopic (exact) mass is 438 g/mol. The Kier molecular flexibility index (Phi) is 6.20. The van der Waals surface area contributed by atoms with Gasteiger partial charge in [-0.25, -0.2) is 13.4 Å². The molecule has 0 spiro atoms. The van der Waals surface area contributed by atoms with Crippen LogP contribution in [0.4, 0.5) is 0 Å². The van der Waals surface area contributed by atoms with Crippen LogP contribution in [0.2, 0.25) is 0 Å². The maximum absolute atomic E-state index is 12.8. The number of imidazole rings is 1. The Morgan fingerprint density at radius 3 is 2.42 bits per heavy atom. The third kappa shape index (κ3) is 4.55. The zero-order valence-electron chi connectivity index (χ0n) is 17.4. The highest BCUT2D eigenvalue weighted by atomic mass is 32.2. The van der Waals surface area contributed by atoms with Gasteiger partial charge in [0.05, 0.1) is 10.6 Å². The fourth-order valence-electron chi connectivity index (χ4n) is 3.95. The Balaban J connectivity index is 1.36. The average Bonchev–Trinajstić information content (AvgIpc) is 3.24. The van der Waals surface area contributed by atoms with Crippen LogP contribution in [0.3, 0.4) is 0 Å². The smallest absolute Gasteiger partial charge is 0.243 e. The van der Waals surface area contributed by atoms with Gasteiger partial charge >= 0.3 is 0 Å². The number of sulfonamides is 1. The van der Waals surface area contributed by atoms with Crippen LogP contribution in [-0.2, 0) is 21.4 Å². The molecular weight excluding hydrogens is 412 g/mol. The van der Waals surface area contributed by atoms with Crippen molar-refractivity contribution in [2.24, 2.45) is 5.92 Å². The zero-order valence-corrected chi connectivity index (χ0v) is 18.3. The molecule has 0 saturated carbocycles. The number of carbonyl (C=O) groups is 1. The van der Waals surface area contributed by atoms with Gasteiger partial charge in [-0.05, 0) is 43.5 Å². The van der Waals surface area contributed by atoms with Gasteiger partial charge in [0.2, 0.25) is 15.9 Å². The first-order valence-electron chi connectivity index (χ1n) is 10.4. The van der Waals surface area contributed by atoms with E-state index in [0.29, 0.717) is 37.4 Å². The zero-order chi connectivity index (χ0) is 21.8. The molecule has 0 bridgehead atoms. The number of piperidine rings is 1. The topological polar surface area (TPSA) is 84.3 Å². The summed E-state index contributed by atoms with van der Waals surface area (Å²) in [6.07, 6.45) is 4.68. The van der Waals surface area contributed by atoms with Crippen LogP contribution in [0.1, 0.15) is 24.2 Å². The van der Waals surface area contributed by atoms with Crippen LogP contribution in [-0.4, -0.2) is 41.3 Å². The molecular formula is C23H26N4O3S. The summed E-state index contributed by atoms with van der Waals surface area (Å²) >= 11 is 0. The summed E-state index contributed by atoms with van der Waals surface area (Å²) in [5, 5.41) is 3.04. The minimum Gasteiger partial charge on any atom is -0.352 e. The number of para-hydroxylation sites is 1. The normalized spacial score (nSPS) is 15.6. The third-order valence-electron chi connectivity index (χ3n) is 5.74. The van der Waals surface area contributed by atoms with E-state index >= 15 is 0 Å². The molecule has 1 aliphatic rings. The lowest BCUT2D eigenvalue weighted by Crippen LogP contribution is -2.42. The number of hydrogen-bond acceptors (Lipinski definition) is 4. The van der Waals surface area contributed by atoms with Crippen molar-refractivity contribution in [3.63, 3.8) is 0 Å². The van der Waals surface area contributed by atoms with Gasteiger partial charge in [0.1, 0.15) is 5.82 Å². The largest absolute Gasteiger partial charge is 0.352 e. The van der Waals surface area contributed by atoms with E-state index < -0.39 is 10.0 Å². The summed E-state index contributed by atoms with van der Waals surface area (Å²) in [6.45, 7) is 3.04. The van der Waals surface area contributed by atoms with Crippen LogP contribution in [0, 0.1) is 12.8 Å². The number of rotatable bonds is 6. The first-order valence-corrected chi connectivity index (χ1v) is 11.8. The van der Waals surface area contributed by atoms with Crippen LogP contribution in [0.5, 0.6) is 0 Å². The second kappa shape index (κ2) is 9.03. The van der Waals surface area contributed by atoms with E-state index in [0.717, 1.165) is 17.1 Å². The van der Waals surface area contributed by atoms with E-state index in [1.165, 1.54) is 4.31 Å². The summed E-state index contributed by atoms with van der Waals surface area (Å²) in [5.74, 6) is 0.657. The van der Waals surface area contributed by atoms with E-state index in [1.54, 1.807) is 36.5 Å². The van der Waals surface area contributed by atoms with Crippen molar-refractivity contribution in [1.29, 1.82) is 0 Å². The molecule has 2 aromatic carbocycles. The summed E-state index contributed by atoms with van der Waals surface area (Å²) < 4.78 is 29.0. The Bertz CT molecular complexity index is 1150. The Morgan fingerprint density at radius 1 is 1.06 bits per heavy atom. The second-order valence-electron chi connectivity index (χ2n) is 7.68. The maximum Gasteiger partial charge on any atom is 0.243 e. The first-order chi connectivity index (χ1) is 15.0. The van der Waals surface area contributed by atoms with Crippen molar-refractivity contribution in [1.82, 2.24) is 19.2 Å². The molecule has 162 valence electrons. The molecule has 31 heavy (non-hydrogen) atoms. The van der Waals surface area contributed by atoms with Crippen molar-refractivity contribution in [2.75, 3.05) is 13.1 Å². The van der Waals surface area contributed by atoms with Gasteiger partial charge in [-0.3, -0.25) is 4.79 Å². The number of carbonyl (C=O) groups excluding carboxylic acids is 1. The van der Waals surface area contributed by atoms with Gasteiger partial charge < -0.3 is 9.88 Å². The number of hydrogen-bond donors (Lipinski definition) is 1. The summed E-state index contributed by atoms with van der Waals surface area (Å²) in [7, 11) is -3.51. The van der Waals surface area contributed by atoms with Gasteiger partial charge in [0, 0.05) is 37.9 Å². The van der Waals surface area contributed by atoms with Crippen molar-refractivity contribution < 1.29 is 13.2 Å². The van der Waals surface area contributed by atoms with Gasteiger partial charge in [0.15, 0.2) is 0 Å². The maximum atomic E-state index is 12.8. The molecule has 1 amide bonds. The predicted molar refractivity (Wildman–Crippen MR) is 118 cm³/mol. The molecule has 3 aromatic rings. The summed E-state index contributed by atoms with van der Waals surface area (Å²) in [6, 6.07) is 16.3. The molecule has 0 radical (unpaired) electrons. The first kappa shape index (κ1) is 21.3. The molecule has 0 aliphatic carbocycles. The molecule has 0 atom stereocenters. The molecule has 1 N–H and O–H groups in total. The number of aromatic nitrogens is 2.